The quantitative estimate of drug-likeness (QED) is 0.885. The molecule has 2 N–H and O–H groups in total. The number of aliphatic hydroxyl groups excluding tert-OH is 1. The minimum Gasteiger partial charge on any atom is -0.383 e. The first kappa shape index (κ1) is 12.8. The maximum Gasteiger partial charge on any atom is 0.251 e. The number of rotatable bonds is 2. The summed E-state index contributed by atoms with van der Waals surface area (Å²) in [5, 5.41) is 13.2. The molecular weight excluding hydrogens is 326 g/mol. The molecule has 2 heterocycles. The normalized spacial score (nSPS) is 15.8. The van der Waals surface area contributed by atoms with Gasteiger partial charge in [0.1, 0.15) is 6.10 Å². The topological polar surface area (TPSA) is 49.3 Å². The molecule has 2 aromatic rings. The van der Waals surface area contributed by atoms with E-state index in [1.165, 1.54) is 11.3 Å². The smallest absolute Gasteiger partial charge is 0.251 e. The zero-order valence-corrected chi connectivity index (χ0v) is 12.4. The maximum atomic E-state index is 11.8. The average molecular weight is 338 g/mol. The predicted molar refractivity (Wildman–Crippen MR) is 78.6 cm³/mol. The van der Waals surface area contributed by atoms with Crippen LogP contribution in [-0.4, -0.2) is 17.6 Å². The molecule has 0 spiro atoms. The number of fused-ring (bicyclic) bond motifs is 1. The van der Waals surface area contributed by atoms with Crippen LogP contribution in [0.1, 0.15) is 32.5 Å². The molecule has 5 heteroatoms. The Labute approximate surface area is 123 Å². The molecule has 0 fully saturated rings. The van der Waals surface area contributed by atoms with Crippen molar-refractivity contribution in [1.82, 2.24) is 5.32 Å². The van der Waals surface area contributed by atoms with Crippen molar-refractivity contribution >= 4 is 33.2 Å². The predicted octanol–water partition coefficient (Wildman–Crippen LogP) is 2.88. The van der Waals surface area contributed by atoms with Gasteiger partial charge in [-0.1, -0.05) is 12.1 Å². The molecule has 19 heavy (non-hydrogen) atoms. The molecule has 1 amide bonds. The molecule has 3 rings (SSSR count). The van der Waals surface area contributed by atoms with Gasteiger partial charge in [-0.15, -0.1) is 11.3 Å². The number of benzene rings is 1. The number of amides is 1. The van der Waals surface area contributed by atoms with Crippen molar-refractivity contribution in [1.29, 1.82) is 0 Å². The van der Waals surface area contributed by atoms with E-state index < -0.39 is 6.10 Å². The largest absolute Gasteiger partial charge is 0.383 e. The number of carbonyl (C=O) groups is 1. The Bertz CT molecular complexity index is 638. The third kappa shape index (κ3) is 2.45. The molecule has 1 aliphatic rings. The van der Waals surface area contributed by atoms with Gasteiger partial charge in [-0.2, -0.15) is 0 Å². The molecule has 1 aromatic carbocycles. The fourth-order valence-corrected chi connectivity index (χ4v) is 3.68. The van der Waals surface area contributed by atoms with Gasteiger partial charge in [0.15, 0.2) is 0 Å². The van der Waals surface area contributed by atoms with E-state index in [1.54, 1.807) is 6.07 Å². The molecule has 3 nitrogen and oxygen atoms in total. The third-order valence-corrected chi connectivity index (χ3v) is 4.91. The number of carbonyl (C=O) groups excluding carboxylic acids is 1. The van der Waals surface area contributed by atoms with E-state index in [9.17, 15) is 9.90 Å². The molecule has 0 radical (unpaired) electrons. The van der Waals surface area contributed by atoms with Crippen molar-refractivity contribution in [2.75, 3.05) is 6.54 Å². The Morgan fingerprint density at radius 1 is 1.32 bits per heavy atom. The first-order valence-electron chi connectivity index (χ1n) is 5.99. The van der Waals surface area contributed by atoms with Gasteiger partial charge in [0.25, 0.3) is 5.91 Å². The molecular formula is C14H12BrNO2S. The van der Waals surface area contributed by atoms with Crippen molar-refractivity contribution < 1.29 is 9.90 Å². The monoisotopic (exact) mass is 337 g/mol. The Morgan fingerprint density at radius 2 is 2.16 bits per heavy atom. The Balaban J connectivity index is 1.97. The van der Waals surface area contributed by atoms with Crippen LogP contribution in [0.4, 0.5) is 0 Å². The van der Waals surface area contributed by atoms with Crippen LogP contribution in [0, 0.1) is 0 Å². The first-order valence-corrected chi connectivity index (χ1v) is 7.60. The maximum absolute atomic E-state index is 11.8. The van der Waals surface area contributed by atoms with E-state index in [4.69, 9.17) is 0 Å². The highest BCUT2D eigenvalue weighted by molar-refractivity contribution is 9.11. The molecule has 1 unspecified atom stereocenters. The summed E-state index contributed by atoms with van der Waals surface area (Å²) in [6.07, 6.45) is 0.165. The zero-order chi connectivity index (χ0) is 13.4. The number of thiophene rings is 1. The van der Waals surface area contributed by atoms with Gasteiger partial charge in [0.05, 0.1) is 3.79 Å². The van der Waals surface area contributed by atoms with E-state index in [2.05, 4.69) is 21.2 Å². The number of aliphatic hydroxyl groups is 1. The standard InChI is InChI=1S/C14H12BrNO2S/c15-12-4-3-11(19-12)13(17)9-2-1-8-5-6-16-14(18)10(8)7-9/h1-4,7,13,17H,5-6H2,(H,16,18). The second-order valence-corrected chi connectivity index (χ2v) is 6.96. The van der Waals surface area contributed by atoms with Crippen molar-refractivity contribution in [3.63, 3.8) is 0 Å². The van der Waals surface area contributed by atoms with Gasteiger partial charge >= 0.3 is 0 Å². The lowest BCUT2D eigenvalue weighted by molar-refractivity contribution is 0.0945. The van der Waals surface area contributed by atoms with Crippen LogP contribution in [0.15, 0.2) is 34.1 Å². The van der Waals surface area contributed by atoms with Crippen LogP contribution >= 0.6 is 27.3 Å². The van der Waals surface area contributed by atoms with Gasteiger partial charge < -0.3 is 10.4 Å². The summed E-state index contributed by atoms with van der Waals surface area (Å²) in [7, 11) is 0. The molecule has 98 valence electrons. The van der Waals surface area contributed by atoms with Crippen molar-refractivity contribution in [3.05, 3.63) is 55.7 Å². The van der Waals surface area contributed by atoms with E-state index in [0.29, 0.717) is 12.1 Å². The van der Waals surface area contributed by atoms with Crippen LogP contribution < -0.4 is 5.32 Å². The highest BCUT2D eigenvalue weighted by atomic mass is 79.9. The van der Waals surface area contributed by atoms with Gasteiger partial charge in [0, 0.05) is 17.0 Å². The Morgan fingerprint density at radius 3 is 2.89 bits per heavy atom. The number of halogens is 1. The summed E-state index contributed by atoms with van der Waals surface area (Å²) in [6, 6.07) is 9.43. The van der Waals surface area contributed by atoms with Crippen LogP contribution in [-0.2, 0) is 6.42 Å². The molecule has 0 bridgehead atoms. The lowest BCUT2D eigenvalue weighted by atomic mass is 9.96. The number of hydrogen-bond acceptors (Lipinski definition) is 3. The zero-order valence-electron chi connectivity index (χ0n) is 10.0. The van der Waals surface area contributed by atoms with Gasteiger partial charge in [0.2, 0.25) is 0 Å². The average Bonchev–Trinajstić information content (AvgIpc) is 2.85. The summed E-state index contributed by atoms with van der Waals surface area (Å²) >= 11 is 4.88. The van der Waals surface area contributed by atoms with Crippen molar-refractivity contribution in [2.24, 2.45) is 0 Å². The highest BCUT2D eigenvalue weighted by Gasteiger charge is 2.20. The molecule has 1 atom stereocenters. The molecule has 1 aliphatic heterocycles. The third-order valence-electron chi connectivity index (χ3n) is 3.24. The number of hydrogen-bond donors (Lipinski definition) is 2. The summed E-state index contributed by atoms with van der Waals surface area (Å²) in [5.74, 6) is -0.0531. The number of nitrogens with one attached hydrogen (secondary N) is 1. The first-order chi connectivity index (χ1) is 9.15. The SMILES string of the molecule is O=C1NCCc2ccc(C(O)c3ccc(Br)s3)cc21. The molecule has 0 aliphatic carbocycles. The van der Waals surface area contributed by atoms with Crippen LogP contribution in [0.5, 0.6) is 0 Å². The van der Waals surface area contributed by atoms with E-state index >= 15 is 0 Å². The minimum atomic E-state index is -0.684. The van der Waals surface area contributed by atoms with Crippen molar-refractivity contribution in [3.8, 4) is 0 Å². The summed E-state index contributed by atoms with van der Waals surface area (Å²) in [6.45, 7) is 0.686. The lowest BCUT2D eigenvalue weighted by Crippen LogP contribution is -2.31. The van der Waals surface area contributed by atoms with Crippen LogP contribution in [0.25, 0.3) is 0 Å². The van der Waals surface area contributed by atoms with Gasteiger partial charge in [-0.3, -0.25) is 4.79 Å². The highest BCUT2D eigenvalue weighted by Crippen LogP contribution is 2.32. The van der Waals surface area contributed by atoms with Gasteiger partial charge in [-0.25, -0.2) is 0 Å². The Hall–Kier alpha value is -1.17. The summed E-state index contributed by atoms with van der Waals surface area (Å²) in [5.41, 5.74) is 2.48. The van der Waals surface area contributed by atoms with Crippen LogP contribution in [0.2, 0.25) is 0 Å². The lowest BCUT2D eigenvalue weighted by Gasteiger charge is -2.18. The van der Waals surface area contributed by atoms with E-state index in [1.807, 2.05) is 24.3 Å². The van der Waals surface area contributed by atoms with Crippen LogP contribution in [0.3, 0.4) is 0 Å². The summed E-state index contributed by atoms with van der Waals surface area (Å²) < 4.78 is 0.984. The summed E-state index contributed by atoms with van der Waals surface area (Å²) in [4.78, 5) is 12.7. The van der Waals surface area contributed by atoms with E-state index in [0.717, 1.165) is 26.2 Å². The Kier molecular flexibility index (Phi) is 3.43. The second kappa shape index (κ2) is 5.07. The minimum absolute atomic E-state index is 0.0531. The van der Waals surface area contributed by atoms with Crippen molar-refractivity contribution in [2.45, 2.75) is 12.5 Å². The van der Waals surface area contributed by atoms with E-state index in [-0.39, 0.29) is 5.91 Å². The molecule has 0 saturated heterocycles. The second-order valence-electron chi connectivity index (χ2n) is 4.47. The fraction of sp³-hybridized carbons (Fsp3) is 0.214. The van der Waals surface area contributed by atoms with Gasteiger partial charge in [-0.05, 0) is 51.7 Å². The molecule has 0 saturated carbocycles. The fourth-order valence-electron chi connectivity index (χ4n) is 2.24. The molecule has 1 aromatic heterocycles.